The van der Waals surface area contributed by atoms with Crippen molar-refractivity contribution in [3.8, 4) is 0 Å². The molecule has 0 spiro atoms. The molecule has 1 saturated heterocycles. The highest BCUT2D eigenvalue weighted by molar-refractivity contribution is 5.47. The van der Waals surface area contributed by atoms with Gasteiger partial charge in [-0.1, -0.05) is 13.0 Å². The molecule has 2 heterocycles. The van der Waals surface area contributed by atoms with Crippen molar-refractivity contribution in [2.75, 3.05) is 31.1 Å². The summed E-state index contributed by atoms with van der Waals surface area (Å²) in [5.74, 6) is 1.12. The van der Waals surface area contributed by atoms with Gasteiger partial charge in [-0.25, -0.2) is 4.98 Å². The van der Waals surface area contributed by atoms with Crippen LogP contribution in [0, 0.1) is 0 Å². The first-order valence-corrected chi connectivity index (χ1v) is 7.36. The number of rotatable bonds is 6. The summed E-state index contributed by atoms with van der Waals surface area (Å²) in [7, 11) is 0. The summed E-state index contributed by atoms with van der Waals surface area (Å²) in [6.07, 6.45) is 4.59. The maximum atomic E-state index is 5.77. The zero-order valence-electron chi connectivity index (χ0n) is 12.1. The van der Waals surface area contributed by atoms with Crippen LogP contribution in [0.25, 0.3) is 0 Å². The Morgan fingerprint density at radius 2 is 2.37 bits per heavy atom. The van der Waals surface area contributed by atoms with Gasteiger partial charge in [0, 0.05) is 38.0 Å². The first-order chi connectivity index (χ1) is 9.35. The highest BCUT2D eigenvalue weighted by Gasteiger charge is 2.22. The molecule has 1 aliphatic rings. The summed E-state index contributed by atoms with van der Waals surface area (Å²) in [4.78, 5) is 6.95. The van der Waals surface area contributed by atoms with Crippen LogP contribution in [-0.2, 0) is 11.3 Å². The van der Waals surface area contributed by atoms with Crippen molar-refractivity contribution in [3.63, 3.8) is 0 Å². The van der Waals surface area contributed by atoms with E-state index in [1.54, 1.807) is 0 Å². The minimum atomic E-state index is 0.354. The second kappa shape index (κ2) is 7.46. The molecule has 0 aliphatic carbocycles. The Balaban J connectivity index is 2.07. The van der Waals surface area contributed by atoms with Gasteiger partial charge in [0.15, 0.2) is 0 Å². The number of anilines is 1. The van der Waals surface area contributed by atoms with Crippen molar-refractivity contribution in [2.45, 2.75) is 39.3 Å². The average molecular weight is 263 g/mol. The van der Waals surface area contributed by atoms with E-state index < -0.39 is 0 Å². The van der Waals surface area contributed by atoms with Gasteiger partial charge in [0.05, 0.1) is 6.10 Å². The molecular weight excluding hydrogens is 238 g/mol. The fourth-order valence-corrected chi connectivity index (χ4v) is 2.61. The smallest absolute Gasteiger partial charge is 0.133 e. The minimum Gasteiger partial charge on any atom is -0.377 e. The molecule has 0 radical (unpaired) electrons. The Hall–Kier alpha value is -1.13. The Bertz CT molecular complexity index is 381. The van der Waals surface area contributed by atoms with E-state index in [-0.39, 0.29) is 0 Å². The van der Waals surface area contributed by atoms with Gasteiger partial charge in [0.2, 0.25) is 0 Å². The van der Waals surface area contributed by atoms with Crippen LogP contribution in [0.3, 0.4) is 0 Å². The van der Waals surface area contributed by atoms with Crippen molar-refractivity contribution in [3.05, 3.63) is 23.9 Å². The molecule has 4 heteroatoms. The van der Waals surface area contributed by atoms with E-state index in [1.807, 2.05) is 12.3 Å². The van der Waals surface area contributed by atoms with Crippen molar-refractivity contribution < 1.29 is 4.74 Å². The van der Waals surface area contributed by atoms with E-state index >= 15 is 0 Å². The van der Waals surface area contributed by atoms with Gasteiger partial charge in [0.25, 0.3) is 0 Å². The fraction of sp³-hybridized carbons (Fsp3) is 0.667. The van der Waals surface area contributed by atoms with E-state index in [2.05, 4.69) is 35.1 Å². The molecule has 19 heavy (non-hydrogen) atoms. The van der Waals surface area contributed by atoms with Gasteiger partial charge in [-0.2, -0.15) is 0 Å². The van der Waals surface area contributed by atoms with E-state index in [0.29, 0.717) is 6.10 Å². The van der Waals surface area contributed by atoms with E-state index in [0.717, 1.165) is 38.6 Å². The zero-order valence-corrected chi connectivity index (χ0v) is 12.1. The molecule has 0 saturated carbocycles. The predicted molar refractivity (Wildman–Crippen MR) is 78.5 cm³/mol. The number of aromatic nitrogens is 1. The number of nitrogens with one attached hydrogen (secondary N) is 1. The summed E-state index contributed by atoms with van der Waals surface area (Å²) < 4.78 is 5.77. The molecule has 0 bridgehead atoms. The quantitative estimate of drug-likeness (QED) is 0.854. The Morgan fingerprint density at radius 1 is 1.47 bits per heavy atom. The van der Waals surface area contributed by atoms with Gasteiger partial charge < -0.3 is 15.0 Å². The average Bonchev–Trinajstić information content (AvgIpc) is 2.46. The maximum absolute atomic E-state index is 5.77. The first kappa shape index (κ1) is 14.3. The molecule has 4 nitrogen and oxygen atoms in total. The van der Waals surface area contributed by atoms with Crippen molar-refractivity contribution in [2.24, 2.45) is 0 Å². The maximum Gasteiger partial charge on any atom is 0.133 e. The normalized spacial score (nSPS) is 19.7. The lowest BCUT2D eigenvalue weighted by molar-refractivity contribution is 0.0525. The minimum absolute atomic E-state index is 0.354. The van der Waals surface area contributed by atoms with Crippen LogP contribution in [0.4, 0.5) is 5.82 Å². The topological polar surface area (TPSA) is 37.4 Å². The Morgan fingerprint density at radius 3 is 3.16 bits per heavy atom. The molecule has 1 aliphatic heterocycles. The summed E-state index contributed by atoms with van der Waals surface area (Å²) in [6.45, 7) is 8.90. The first-order valence-electron chi connectivity index (χ1n) is 7.36. The Labute approximate surface area is 116 Å². The molecule has 2 rings (SSSR count). The summed E-state index contributed by atoms with van der Waals surface area (Å²) in [5, 5.41) is 3.38. The van der Waals surface area contributed by atoms with E-state index in [9.17, 15) is 0 Å². The molecule has 0 amide bonds. The number of pyridine rings is 1. The fourth-order valence-electron chi connectivity index (χ4n) is 2.61. The SMILES string of the molecule is CCNCc1cccnc1N1CCCC(OCC)C1. The number of nitrogens with zero attached hydrogens (tertiary/aromatic N) is 2. The molecule has 1 atom stereocenters. The van der Waals surface area contributed by atoms with Crippen molar-refractivity contribution in [1.29, 1.82) is 0 Å². The lowest BCUT2D eigenvalue weighted by Crippen LogP contribution is -2.40. The van der Waals surface area contributed by atoms with Gasteiger partial charge in [0.1, 0.15) is 5.82 Å². The van der Waals surface area contributed by atoms with Gasteiger partial charge in [-0.05, 0) is 32.4 Å². The van der Waals surface area contributed by atoms with Crippen LogP contribution in [0.1, 0.15) is 32.3 Å². The van der Waals surface area contributed by atoms with Crippen LogP contribution < -0.4 is 10.2 Å². The highest BCUT2D eigenvalue weighted by Crippen LogP contribution is 2.22. The summed E-state index contributed by atoms with van der Waals surface area (Å²) in [6, 6.07) is 4.18. The molecule has 106 valence electrons. The Kier molecular flexibility index (Phi) is 5.61. The number of hydrogen-bond donors (Lipinski definition) is 1. The van der Waals surface area contributed by atoms with Gasteiger partial charge >= 0.3 is 0 Å². The van der Waals surface area contributed by atoms with Crippen LogP contribution in [0.5, 0.6) is 0 Å². The number of ether oxygens (including phenoxy) is 1. The summed E-state index contributed by atoms with van der Waals surface area (Å²) >= 11 is 0. The standard InChI is InChI=1S/C15H25N3O/c1-3-16-11-13-7-5-9-17-15(13)18-10-6-8-14(12-18)19-4-2/h5,7,9,14,16H,3-4,6,8,10-12H2,1-2H3. The monoisotopic (exact) mass is 263 g/mol. The molecule has 1 aromatic rings. The third-order valence-corrected chi connectivity index (χ3v) is 3.51. The van der Waals surface area contributed by atoms with Crippen molar-refractivity contribution >= 4 is 5.82 Å². The van der Waals surface area contributed by atoms with E-state index in [1.165, 1.54) is 18.4 Å². The number of piperidine rings is 1. The molecular formula is C15H25N3O. The van der Waals surface area contributed by atoms with Crippen LogP contribution in [0.2, 0.25) is 0 Å². The lowest BCUT2D eigenvalue weighted by Gasteiger charge is -2.34. The summed E-state index contributed by atoms with van der Waals surface area (Å²) in [5.41, 5.74) is 1.28. The molecule has 1 unspecified atom stereocenters. The van der Waals surface area contributed by atoms with Crippen LogP contribution >= 0.6 is 0 Å². The highest BCUT2D eigenvalue weighted by atomic mass is 16.5. The third kappa shape index (κ3) is 3.91. The number of hydrogen-bond acceptors (Lipinski definition) is 4. The molecule has 1 aromatic heterocycles. The van der Waals surface area contributed by atoms with Gasteiger partial charge in [-0.15, -0.1) is 0 Å². The largest absolute Gasteiger partial charge is 0.377 e. The van der Waals surface area contributed by atoms with E-state index in [4.69, 9.17) is 4.74 Å². The third-order valence-electron chi connectivity index (χ3n) is 3.51. The van der Waals surface area contributed by atoms with Crippen LogP contribution in [0.15, 0.2) is 18.3 Å². The van der Waals surface area contributed by atoms with Gasteiger partial charge in [-0.3, -0.25) is 0 Å². The molecule has 1 fully saturated rings. The zero-order chi connectivity index (χ0) is 13.5. The van der Waals surface area contributed by atoms with Crippen LogP contribution in [-0.4, -0.2) is 37.3 Å². The molecule has 1 N–H and O–H groups in total. The van der Waals surface area contributed by atoms with Crippen molar-refractivity contribution in [1.82, 2.24) is 10.3 Å². The second-order valence-electron chi connectivity index (χ2n) is 4.93. The lowest BCUT2D eigenvalue weighted by atomic mass is 10.1. The second-order valence-corrected chi connectivity index (χ2v) is 4.93. The molecule has 0 aromatic carbocycles. The predicted octanol–water partition coefficient (Wildman–Crippen LogP) is 2.20.